The van der Waals surface area contributed by atoms with Gasteiger partial charge in [0.2, 0.25) is 0 Å². The minimum Gasteiger partial charge on any atom is -0.493 e. The fourth-order valence-corrected chi connectivity index (χ4v) is 2.25. The van der Waals surface area contributed by atoms with E-state index in [4.69, 9.17) is 9.84 Å². The molecule has 0 aliphatic carbocycles. The highest BCUT2D eigenvalue weighted by atomic mass is 16.5. The van der Waals surface area contributed by atoms with Gasteiger partial charge in [-0.2, -0.15) is 0 Å². The Morgan fingerprint density at radius 3 is 3.05 bits per heavy atom. The lowest BCUT2D eigenvalue weighted by Crippen LogP contribution is -2.45. The third-order valence-corrected chi connectivity index (χ3v) is 3.73. The first-order valence-electron chi connectivity index (χ1n) is 6.99. The van der Waals surface area contributed by atoms with Gasteiger partial charge in [0.1, 0.15) is 5.75 Å². The van der Waals surface area contributed by atoms with Gasteiger partial charge in [-0.25, -0.2) is 4.79 Å². The van der Waals surface area contributed by atoms with Crippen LogP contribution in [0.3, 0.4) is 0 Å². The van der Waals surface area contributed by atoms with Crippen LogP contribution in [0.5, 0.6) is 5.75 Å². The first-order chi connectivity index (χ1) is 9.63. The van der Waals surface area contributed by atoms with Crippen LogP contribution in [0.1, 0.15) is 31.4 Å². The van der Waals surface area contributed by atoms with E-state index in [1.807, 2.05) is 31.2 Å². The van der Waals surface area contributed by atoms with Gasteiger partial charge in [0.15, 0.2) is 0 Å². The number of aliphatic hydroxyl groups excluding tert-OH is 1. The fourth-order valence-electron chi connectivity index (χ4n) is 2.25. The highest BCUT2D eigenvalue weighted by molar-refractivity contribution is 5.75. The molecule has 1 aliphatic rings. The number of nitrogens with zero attached hydrogens (tertiary/aromatic N) is 1. The summed E-state index contributed by atoms with van der Waals surface area (Å²) in [6.07, 6.45) is 1.75. The molecule has 2 amide bonds. The molecule has 5 heteroatoms. The van der Waals surface area contributed by atoms with Gasteiger partial charge < -0.3 is 20.1 Å². The van der Waals surface area contributed by atoms with Crippen LogP contribution in [0.4, 0.5) is 4.79 Å². The summed E-state index contributed by atoms with van der Waals surface area (Å²) in [5.41, 5.74) is 1.02. The number of ether oxygens (including phenoxy) is 1. The largest absolute Gasteiger partial charge is 0.493 e. The van der Waals surface area contributed by atoms with E-state index in [0.717, 1.165) is 24.2 Å². The van der Waals surface area contributed by atoms with E-state index in [1.54, 1.807) is 7.05 Å². The smallest absolute Gasteiger partial charge is 0.317 e. The molecule has 1 aromatic carbocycles. The molecule has 0 radical (unpaired) electrons. The molecular formula is C15H22N2O3. The van der Waals surface area contributed by atoms with Gasteiger partial charge >= 0.3 is 6.03 Å². The second-order valence-electron chi connectivity index (χ2n) is 5.17. The van der Waals surface area contributed by atoms with Crippen molar-refractivity contribution >= 4 is 6.03 Å². The van der Waals surface area contributed by atoms with Crippen LogP contribution in [0.2, 0.25) is 0 Å². The second kappa shape index (κ2) is 6.61. The highest BCUT2D eigenvalue weighted by Crippen LogP contribution is 2.31. The summed E-state index contributed by atoms with van der Waals surface area (Å²) in [6, 6.07) is 7.38. The Bertz CT molecular complexity index is 464. The van der Waals surface area contributed by atoms with Crippen molar-refractivity contribution in [1.82, 2.24) is 10.2 Å². The minimum absolute atomic E-state index is 0.0467. The van der Waals surface area contributed by atoms with Crippen LogP contribution in [0, 0.1) is 0 Å². The Hall–Kier alpha value is -1.75. The molecule has 0 saturated heterocycles. The Morgan fingerprint density at radius 2 is 2.30 bits per heavy atom. The van der Waals surface area contributed by atoms with E-state index < -0.39 is 0 Å². The lowest BCUT2D eigenvalue weighted by molar-refractivity contribution is 0.154. The van der Waals surface area contributed by atoms with Crippen molar-refractivity contribution in [3.8, 4) is 5.75 Å². The molecule has 2 atom stereocenters. The van der Waals surface area contributed by atoms with Crippen LogP contribution in [-0.4, -0.2) is 42.3 Å². The molecule has 1 aliphatic heterocycles. The number of carbonyl (C=O) groups excluding carboxylic acids is 1. The molecule has 2 N–H and O–H groups in total. The Kier molecular flexibility index (Phi) is 4.84. The molecule has 0 spiro atoms. The van der Waals surface area contributed by atoms with Gasteiger partial charge in [-0.15, -0.1) is 0 Å². The van der Waals surface area contributed by atoms with Gasteiger partial charge in [0.25, 0.3) is 0 Å². The number of likely N-dealkylation sites (N-methyl/N-ethyl adjacent to an activating group) is 1. The first-order valence-corrected chi connectivity index (χ1v) is 6.99. The molecule has 20 heavy (non-hydrogen) atoms. The SMILES string of the molecule is CC(CO)N(C)C(=O)NC1CCCOc2ccccc21. The first kappa shape index (κ1) is 14.7. The number of urea groups is 1. The van der Waals surface area contributed by atoms with Gasteiger partial charge in [-0.3, -0.25) is 0 Å². The third kappa shape index (κ3) is 3.22. The average Bonchev–Trinajstić information content (AvgIpc) is 2.68. The van der Waals surface area contributed by atoms with E-state index in [9.17, 15) is 4.79 Å². The topological polar surface area (TPSA) is 61.8 Å². The monoisotopic (exact) mass is 278 g/mol. The zero-order valence-corrected chi connectivity index (χ0v) is 12.0. The second-order valence-corrected chi connectivity index (χ2v) is 5.17. The van der Waals surface area contributed by atoms with Crippen LogP contribution in [-0.2, 0) is 0 Å². The standard InChI is InChI=1S/C15H22N2O3/c1-11(10-18)17(2)15(19)16-13-7-5-9-20-14-8-4-3-6-12(13)14/h3-4,6,8,11,13,18H,5,7,9-10H2,1-2H3,(H,16,19). The maximum absolute atomic E-state index is 12.2. The maximum Gasteiger partial charge on any atom is 0.317 e. The van der Waals surface area contributed by atoms with Gasteiger partial charge in [0, 0.05) is 12.6 Å². The molecule has 2 unspecified atom stereocenters. The van der Waals surface area contributed by atoms with Crippen LogP contribution < -0.4 is 10.1 Å². The minimum atomic E-state index is -0.202. The van der Waals surface area contributed by atoms with Gasteiger partial charge in [-0.1, -0.05) is 18.2 Å². The Morgan fingerprint density at radius 1 is 1.55 bits per heavy atom. The fraction of sp³-hybridized carbons (Fsp3) is 0.533. The maximum atomic E-state index is 12.2. The molecule has 0 saturated carbocycles. The lowest BCUT2D eigenvalue weighted by atomic mass is 10.0. The molecule has 5 nitrogen and oxygen atoms in total. The predicted molar refractivity (Wildman–Crippen MR) is 76.8 cm³/mol. The lowest BCUT2D eigenvalue weighted by Gasteiger charge is -2.27. The molecule has 0 bridgehead atoms. The number of rotatable bonds is 3. The Labute approximate surface area is 119 Å². The summed E-state index contributed by atoms with van der Waals surface area (Å²) >= 11 is 0. The highest BCUT2D eigenvalue weighted by Gasteiger charge is 2.23. The summed E-state index contributed by atoms with van der Waals surface area (Å²) in [6.45, 7) is 2.43. The number of hydrogen-bond donors (Lipinski definition) is 2. The summed E-state index contributed by atoms with van der Waals surface area (Å²) < 4.78 is 5.68. The van der Waals surface area contributed by atoms with Crippen LogP contribution in [0.25, 0.3) is 0 Å². The van der Waals surface area contributed by atoms with Crippen molar-refractivity contribution in [2.24, 2.45) is 0 Å². The van der Waals surface area contributed by atoms with Crippen LogP contribution in [0.15, 0.2) is 24.3 Å². The number of hydrogen-bond acceptors (Lipinski definition) is 3. The van der Waals surface area contributed by atoms with E-state index in [0.29, 0.717) is 6.61 Å². The zero-order valence-electron chi connectivity index (χ0n) is 12.0. The molecule has 0 aromatic heterocycles. The van der Waals surface area contributed by atoms with E-state index in [1.165, 1.54) is 4.90 Å². The molecular weight excluding hydrogens is 256 g/mol. The van der Waals surface area contributed by atoms with Crippen molar-refractivity contribution in [3.63, 3.8) is 0 Å². The summed E-state index contributed by atoms with van der Waals surface area (Å²) in [4.78, 5) is 13.7. The number of amides is 2. The summed E-state index contributed by atoms with van der Waals surface area (Å²) in [5.74, 6) is 0.841. The van der Waals surface area contributed by atoms with Crippen molar-refractivity contribution in [1.29, 1.82) is 0 Å². The van der Waals surface area contributed by atoms with Gasteiger partial charge in [-0.05, 0) is 25.8 Å². The van der Waals surface area contributed by atoms with Crippen LogP contribution >= 0.6 is 0 Å². The number of carbonyl (C=O) groups is 1. The van der Waals surface area contributed by atoms with E-state index in [2.05, 4.69) is 5.32 Å². The number of aliphatic hydroxyl groups is 1. The van der Waals surface area contributed by atoms with Crippen molar-refractivity contribution in [3.05, 3.63) is 29.8 Å². The van der Waals surface area contributed by atoms with E-state index >= 15 is 0 Å². The average molecular weight is 278 g/mol. The summed E-state index contributed by atoms with van der Waals surface area (Å²) in [7, 11) is 1.69. The van der Waals surface area contributed by atoms with Crippen molar-refractivity contribution < 1.29 is 14.6 Å². The van der Waals surface area contributed by atoms with Gasteiger partial charge in [0.05, 0.1) is 25.3 Å². The third-order valence-electron chi connectivity index (χ3n) is 3.73. The number of benzene rings is 1. The number of para-hydroxylation sites is 1. The molecule has 1 aromatic rings. The van der Waals surface area contributed by atoms with E-state index in [-0.39, 0.29) is 24.7 Å². The molecule has 0 fully saturated rings. The number of nitrogens with one attached hydrogen (secondary N) is 1. The zero-order chi connectivity index (χ0) is 14.5. The normalized spacial score (nSPS) is 19.2. The Balaban J connectivity index is 2.11. The molecule has 110 valence electrons. The predicted octanol–water partition coefficient (Wildman–Crippen LogP) is 1.92. The van der Waals surface area contributed by atoms with Crippen molar-refractivity contribution in [2.75, 3.05) is 20.3 Å². The quantitative estimate of drug-likeness (QED) is 0.888. The number of fused-ring (bicyclic) bond motifs is 1. The molecule has 1 heterocycles. The molecule has 2 rings (SSSR count). The van der Waals surface area contributed by atoms with Crippen molar-refractivity contribution in [2.45, 2.75) is 31.8 Å². The summed E-state index contributed by atoms with van der Waals surface area (Å²) in [5, 5.41) is 12.1.